The van der Waals surface area contributed by atoms with E-state index in [4.69, 9.17) is 4.74 Å². The Hall–Kier alpha value is -3.81. The van der Waals surface area contributed by atoms with Gasteiger partial charge in [-0.15, -0.1) is 0 Å². The molecule has 0 aromatic heterocycles. The number of hydrazone groups is 1. The third-order valence-electron chi connectivity index (χ3n) is 6.20. The molecular formula is C23H19N3O5. The molecule has 4 atom stereocenters. The van der Waals surface area contributed by atoms with Crippen LogP contribution in [-0.2, 0) is 16.2 Å². The Bertz CT molecular complexity index is 1080. The number of benzene rings is 2. The first-order chi connectivity index (χ1) is 15.0. The monoisotopic (exact) mass is 417 g/mol. The van der Waals surface area contributed by atoms with E-state index < -0.39 is 4.92 Å². The highest BCUT2D eigenvalue weighted by molar-refractivity contribution is 6.06. The van der Waals surface area contributed by atoms with Crippen LogP contribution in [0.15, 0.2) is 65.8 Å². The zero-order chi connectivity index (χ0) is 21.5. The molecule has 8 nitrogen and oxygen atoms in total. The molecule has 2 aliphatic carbocycles. The number of carbonyl (C=O) groups excluding carboxylic acids is 2. The quantitative estimate of drug-likeness (QED) is 0.236. The minimum absolute atomic E-state index is 0.0369. The molecule has 156 valence electrons. The predicted molar refractivity (Wildman–Crippen MR) is 111 cm³/mol. The number of rotatable bonds is 6. The van der Waals surface area contributed by atoms with Crippen molar-refractivity contribution in [2.45, 2.75) is 13.0 Å². The molecule has 1 saturated carbocycles. The molecule has 0 N–H and O–H groups in total. The minimum Gasteiger partial charge on any atom is -0.489 e. The van der Waals surface area contributed by atoms with Gasteiger partial charge in [-0.1, -0.05) is 12.2 Å². The van der Waals surface area contributed by atoms with Crippen LogP contribution in [0.1, 0.15) is 17.5 Å². The van der Waals surface area contributed by atoms with Crippen LogP contribution in [0.3, 0.4) is 0 Å². The molecule has 2 fully saturated rings. The van der Waals surface area contributed by atoms with Crippen LogP contribution in [-0.4, -0.2) is 28.0 Å². The Kier molecular flexibility index (Phi) is 4.62. The molecule has 0 unspecified atom stereocenters. The molecule has 2 amide bonds. The van der Waals surface area contributed by atoms with E-state index in [1.165, 1.54) is 18.3 Å². The highest BCUT2D eigenvalue weighted by Gasteiger charge is 2.59. The average molecular weight is 417 g/mol. The summed E-state index contributed by atoms with van der Waals surface area (Å²) in [6.45, 7) is 0.279. The fourth-order valence-corrected chi connectivity index (χ4v) is 4.66. The smallest absolute Gasteiger partial charge is 0.269 e. The van der Waals surface area contributed by atoms with Crippen LogP contribution >= 0.6 is 0 Å². The van der Waals surface area contributed by atoms with E-state index in [9.17, 15) is 19.7 Å². The Morgan fingerprint density at radius 1 is 1.00 bits per heavy atom. The molecule has 5 rings (SSSR count). The van der Waals surface area contributed by atoms with Crippen molar-refractivity contribution in [3.63, 3.8) is 0 Å². The zero-order valence-electron chi connectivity index (χ0n) is 16.5. The summed E-state index contributed by atoms with van der Waals surface area (Å²) in [5.74, 6) is 0.0423. The van der Waals surface area contributed by atoms with Crippen molar-refractivity contribution in [1.82, 2.24) is 5.01 Å². The molecule has 1 aliphatic heterocycles. The number of fused-ring (bicyclic) bond motifs is 5. The predicted octanol–water partition coefficient (Wildman–Crippen LogP) is 3.31. The lowest BCUT2D eigenvalue weighted by Crippen LogP contribution is -2.28. The number of nitro benzene ring substituents is 1. The topological polar surface area (TPSA) is 102 Å². The number of carbonyl (C=O) groups is 2. The first-order valence-corrected chi connectivity index (χ1v) is 10.1. The molecule has 0 radical (unpaired) electrons. The van der Waals surface area contributed by atoms with Crippen molar-refractivity contribution < 1.29 is 19.2 Å². The Balaban J connectivity index is 1.20. The standard InChI is InChI=1S/C23H19N3O5/c27-22-20-16-5-6-17(11-16)21(20)23(28)25(22)24-12-14-3-9-19(10-4-14)31-13-15-1-7-18(8-2-15)26(29)30/h1-10,12,16-17,20-21H,11,13H2/b24-12-/t16-,17-,20+,21+/m1/s1. The van der Waals surface area contributed by atoms with Gasteiger partial charge in [-0.2, -0.15) is 10.1 Å². The summed E-state index contributed by atoms with van der Waals surface area (Å²) in [6, 6.07) is 13.3. The second kappa shape index (κ2) is 7.46. The van der Waals surface area contributed by atoms with Gasteiger partial charge in [0.25, 0.3) is 17.5 Å². The first-order valence-electron chi connectivity index (χ1n) is 10.1. The first kappa shape index (κ1) is 19.2. The van der Waals surface area contributed by atoms with E-state index in [1.54, 1.807) is 36.4 Å². The van der Waals surface area contributed by atoms with E-state index in [1.807, 2.05) is 0 Å². The number of nitro groups is 1. The van der Waals surface area contributed by atoms with Gasteiger partial charge in [0, 0.05) is 12.1 Å². The molecule has 1 heterocycles. The Labute approximate surface area is 178 Å². The van der Waals surface area contributed by atoms with E-state index in [0.717, 1.165) is 22.6 Å². The van der Waals surface area contributed by atoms with E-state index in [2.05, 4.69) is 17.3 Å². The molecule has 8 heteroatoms. The molecular weight excluding hydrogens is 398 g/mol. The highest BCUT2D eigenvalue weighted by atomic mass is 16.6. The van der Waals surface area contributed by atoms with Crippen LogP contribution in [0.2, 0.25) is 0 Å². The summed E-state index contributed by atoms with van der Waals surface area (Å²) < 4.78 is 5.70. The maximum Gasteiger partial charge on any atom is 0.269 e. The summed E-state index contributed by atoms with van der Waals surface area (Å²) in [6.07, 6.45) is 6.51. The summed E-state index contributed by atoms with van der Waals surface area (Å²) in [5.41, 5.74) is 1.59. The van der Waals surface area contributed by atoms with Crippen LogP contribution in [0.25, 0.3) is 0 Å². The third kappa shape index (κ3) is 3.39. The second-order valence-corrected chi connectivity index (χ2v) is 8.01. The molecule has 2 aromatic rings. The maximum atomic E-state index is 12.6. The summed E-state index contributed by atoms with van der Waals surface area (Å²) >= 11 is 0. The van der Waals surface area contributed by atoms with Gasteiger partial charge >= 0.3 is 0 Å². The third-order valence-corrected chi connectivity index (χ3v) is 6.20. The van der Waals surface area contributed by atoms with Crippen molar-refractivity contribution >= 4 is 23.7 Å². The second-order valence-electron chi connectivity index (χ2n) is 8.01. The molecule has 31 heavy (non-hydrogen) atoms. The molecule has 1 saturated heterocycles. The lowest BCUT2D eigenvalue weighted by atomic mass is 9.85. The van der Waals surface area contributed by atoms with E-state index in [-0.39, 0.29) is 47.8 Å². The Morgan fingerprint density at radius 2 is 1.61 bits per heavy atom. The van der Waals surface area contributed by atoms with Crippen molar-refractivity contribution in [3.05, 3.63) is 81.9 Å². The van der Waals surface area contributed by atoms with E-state index in [0.29, 0.717) is 5.75 Å². The number of ether oxygens (including phenoxy) is 1. The van der Waals surface area contributed by atoms with Crippen molar-refractivity contribution in [2.75, 3.05) is 0 Å². The summed E-state index contributed by atoms with van der Waals surface area (Å²) in [4.78, 5) is 35.5. The molecule has 2 bridgehead atoms. The van der Waals surface area contributed by atoms with Gasteiger partial charge in [0.15, 0.2) is 0 Å². The average Bonchev–Trinajstić information content (AvgIpc) is 3.46. The molecule has 2 aromatic carbocycles. The van der Waals surface area contributed by atoms with E-state index >= 15 is 0 Å². The van der Waals surface area contributed by atoms with Crippen LogP contribution in [0, 0.1) is 33.8 Å². The lowest BCUT2D eigenvalue weighted by Gasteiger charge is -2.13. The number of imide groups is 1. The van der Waals surface area contributed by atoms with Crippen LogP contribution in [0.4, 0.5) is 5.69 Å². The van der Waals surface area contributed by atoms with Gasteiger partial charge < -0.3 is 4.74 Å². The number of hydrogen-bond donors (Lipinski definition) is 0. The minimum atomic E-state index is -0.443. The van der Waals surface area contributed by atoms with Crippen molar-refractivity contribution in [2.24, 2.45) is 28.8 Å². The lowest BCUT2D eigenvalue weighted by molar-refractivity contribution is -0.384. The normalized spacial score (nSPS) is 26.1. The van der Waals surface area contributed by atoms with Gasteiger partial charge in [0.05, 0.1) is 23.0 Å². The fourth-order valence-electron chi connectivity index (χ4n) is 4.66. The fraction of sp³-hybridized carbons (Fsp3) is 0.261. The van der Waals surface area contributed by atoms with Crippen LogP contribution in [0.5, 0.6) is 5.75 Å². The zero-order valence-corrected chi connectivity index (χ0v) is 16.5. The Morgan fingerprint density at radius 3 is 2.19 bits per heavy atom. The van der Waals surface area contributed by atoms with Gasteiger partial charge in [-0.25, -0.2) is 0 Å². The number of allylic oxidation sites excluding steroid dienone is 2. The number of amides is 2. The van der Waals surface area contributed by atoms with Crippen molar-refractivity contribution in [1.29, 1.82) is 0 Å². The van der Waals surface area contributed by atoms with Gasteiger partial charge in [0.2, 0.25) is 0 Å². The summed E-state index contributed by atoms with van der Waals surface area (Å²) in [7, 11) is 0. The summed E-state index contributed by atoms with van der Waals surface area (Å²) in [5, 5.41) is 15.9. The van der Waals surface area contributed by atoms with Gasteiger partial charge in [-0.3, -0.25) is 19.7 Å². The molecule has 0 spiro atoms. The van der Waals surface area contributed by atoms with Gasteiger partial charge in [0.1, 0.15) is 12.4 Å². The number of hydrogen-bond acceptors (Lipinski definition) is 6. The van der Waals surface area contributed by atoms with Crippen molar-refractivity contribution in [3.8, 4) is 5.75 Å². The largest absolute Gasteiger partial charge is 0.489 e. The molecule has 3 aliphatic rings. The SMILES string of the molecule is O=C1[C@@H]2[C@@H](C(=O)N1/N=C\c1ccc(OCc3ccc([N+](=O)[O-])cc3)cc1)[C@@H]1C=C[C@@H]2C1. The number of non-ortho nitro benzene ring substituents is 1. The maximum absolute atomic E-state index is 12.6. The van der Waals surface area contributed by atoms with Gasteiger partial charge in [-0.05, 0) is 65.8 Å². The van der Waals surface area contributed by atoms with Crippen LogP contribution < -0.4 is 4.74 Å². The number of nitrogens with zero attached hydrogens (tertiary/aromatic N) is 3. The highest BCUT2D eigenvalue weighted by Crippen LogP contribution is 2.52.